The molecule has 0 unspecified atom stereocenters. The first-order chi connectivity index (χ1) is 9.56. The van der Waals surface area contributed by atoms with Crippen LogP contribution in [-0.2, 0) is 19.1 Å². The van der Waals surface area contributed by atoms with E-state index >= 15 is 0 Å². The van der Waals surface area contributed by atoms with Crippen LogP contribution in [0.2, 0.25) is 0 Å². The fraction of sp³-hybridized carbons (Fsp3) is 0.357. The summed E-state index contributed by atoms with van der Waals surface area (Å²) in [7, 11) is 1.27. The van der Waals surface area contributed by atoms with Crippen molar-refractivity contribution >= 4 is 17.7 Å². The van der Waals surface area contributed by atoms with E-state index in [-0.39, 0.29) is 25.4 Å². The van der Waals surface area contributed by atoms with E-state index in [1.807, 2.05) is 0 Å². The van der Waals surface area contributed by atoms with Crippen molar-refractivity contribution in [2.24, 2.45) is 0 Å². The van der Waals surface area contributed by atoms with Crippen LogP contribution in [0.5, 0.6) is 5.75 Å². The van der Waals surface area contributed by atoms with Crippen LogP contribution in [0.25, 0.3) is 0 Å². The molecule has 1 aromatic carbocycles. The summed E-state index contributed by atoms with van der Waals surface area (Å²) in [6.07, 6.45) is -0.295. The van der Waals surface area contributed by atoms with Crippen molar-refractivity contribution in [3.63, 3.8) is 0 Å². The van der Waals surface area contributed by atoms with Gasteiger partial charge in [-0.05, 0) is 31.2 Å². The average molecular weight is 280 g/mol. The molecule has 0 amide bonds. The molecule has 0 aliphatic heterocycles. The number of ketones is 1. The number of carbonyl (C=O) groups is 3. The van der Waals surface area contributed by atoms with Gasteiger partial charge in [0.05, 0.1) is 13.7 Å². The summed E-state index contributed by atoms with van der Waals surface area (Å²) in [5, 5.41) is 0. The molecular formula is C14H16O6. The molecule has 0 saturated heterocycles. The summed E-state index contributed by atoms with van der Waals surface area (Å²) < 4.78 is 14.3. The quantitative estimate of drug-likeness (QED) is 0.426. The molecule has 1 rings (SSSR count). The highest BCUT2D eigenvalue weighted by Gasteiger charge is 2.12. The van der Waals surface area contributed by atoms with E-state index in [4.69, 9.17) is 9.47 Å². The zero-order valence-electron chi connectivity index (χ0n) is 11.4. The summed E-state index contributed by atoms with van der Waals surface area (Å²) in [5.41, 5.74) is 0.378. The molecule has 0 bridgehead atoms. The second-order valence-corrected chi connectivity index (χ2v) is 3.79. The molecule has 0 radical (unpaired) electrons. The predicted molar refractivity (Wildman–Crippen MR) is 69.5 cm³/mol. The molecule has 20 heavy (non-hydrogen) atoms. The van der Waals surface area contributed by atoms with Crippen molar-refractivity contribution in [3.8, 4) is 5.75 Å². The van der Waals surface area contributed by atoms with Crippen molar-refractivity contribution in [3.05, 3.63) is 29.8 Å². The molecule has 0 aliphatic carbocycles. The molecule has 0 spiro atoms. The number of hydrogen-bond donors (Lipinski definition) is 0. The Labute approximate surface area is 116 Å². The molecule has 0 heterocycles. The first-order valence-corrected chi connectivity index (χ1v) is 6.05. The molecule has 0 atom stereocenters. The molecule has 0 aliphatic rings. The molecule has 6 nitrogen and oxygen atoms in total. The minimum absolute atomic E-state index is 0.202. The van der Waals surface area contributed by atoms with Crippen LogP contribution in [0.4, 0.5) is 0 Å². The maximum absolute atomic E-state index is 11.7. The SMILES string of the molecule is CCOC(=O)CC(=O)c1ccc(OCC(=O)OC)cc1. The van der Waals surface area contributed by atoms with E-state index in [0.29, 0.717) is 11.3 Å². The maximum atomic E-state index is 11.7. The summed E-state index contributed by atoms with van der Waals surface area (Å²) in [5.74, 6) is -0.943. The van der Waals surface area contributed by atoms with Gasteiger partial charge in [0.25, 0.3) is 0 Å². The minimum atomic E-state index is -0.552. The second kappa shape index (κ2) is 7.93. The van der Waals surface area contributed by atoms with Crippen LogP contribution >= 0.6 is 0 Å². The van der Waals surface area contributed by atoms with Crippen molar-refractivity contribution < 1.29 is 28.6 Å². The van der Waals surface area contributed by atoms with E-state index in [2.05, 4.69) is 4.74 Å². The summed E-state index contributed by atoms with van der Waals surface area (Å²) in [6.45, 7) is 1.72. The van der Waals surface area contributed by atoms with E-state index in [0.717, 1.165) is 0 Å². The zero-order valence-corrected chi connectivity index (χ0v) is 11.4. The number of benzene rings is 1. The van der Waals surface area contributed by atoms with Gasteiger partial charge in [-0.3, -0.25) is 9.59 Å². The lowest BCUT2D eigenvalue weighted by Crippen LogP contribution is -2.13. The third kappa shape index (κ3) is 5.09. The molecule has 0 aromatic heterocycles. The number of Topliss-reactive ketones (excluding diaryl/α,β-unsaturated/α-hetero) is 1. The van der Waals surface area contributed by atoms with E-state index in [1.165, 1.54) is 19.2 Å². The highest BCUT2D eigenvalue weighted by Crippen LogP contribution is 2.13. The molecule has 0 N–H and O–H groups in total. The minimum Gasteiger partial charge on any atom is -0.482 e. The van der Waals surface area contributed by atoms with Gasteiger partial charge in [0, 0.05) is 5.56 Å². The fourth-order valence-electron chi connectivity index (χ4n) is 1.38. The van der Waals surface area contributed by atoms with Crippen molar-refractivity contribution in [2.75, 3.05) is 20.3 Å². The van der Waals surface area contributed by atoms with Gasteiger partial charge in [0.2, 0.25) is 0 Å². The van der Waals surface area contributed by atoms with Crippen LogP contribution in [0.1, 0.15) is 23.7 Å². The Hall–Kier alpha value is -2.37. The number of carbonyl (C=O) groups excluding carboxylic acids is 3. The summed E-state index contributed by atoms with van der Waals surface area (Å²) in [6, 6.07) is 6.13. The van der Waals surface area contributed by atoms with Crippen LogP contribution in [-0.4, -0.2) is 38.0 Å². The number of rotatable bonds is 7. The maximum Gasteiger partial charge on any atom is 0.343 e. The third-order valence-electron chi connectivity index (χ3n) is 2.37. The second-order valence-electron chi connectivity index (χ2n) is 3.79. The molecule has 0 fully saturated rings. The Bertz CT molecular complexity index is 477. The monoisotopic (exact) mass is 280 g/mol. The Kier molecular flexibility index (Phi) is 6.22. The fourth-order valence-corrected chi connectivity index (χ4v) is 1.38. The molecule has 0 saturated carbocycles. The van der Waals surface area contributed by atoms with Crippen LogP contribution in [0.15, 0.2) is 24.3 Å². The lowest BCUT2D eigenvalue weighted by molar-refractivity contribution is -0.143. The average Bonchev–Trinajstić information content (AvgIpc) is 2.45. The lowest BCUT2D eigenvalue weighted by atomic mass is 10.1. The Balaban J connectivity index is 2.55. The van der Waals surface area contributed by atoms with Crippen LogP contribution in [0, 0.1) is 0 Å². The van der Waals surface area contributed by atoms with E-state index in [1.54, 1.807) is 19.1 Å². The van der Waals surface area contributed by atoms with Gasteiger partial charge < -0.3 is 14.2 Å². The van der Waals surface area contributed by atoms with Gasteiger partial charge in [-0.1, -0.05) is 0 Å². The Morgan fingerprint density at radius 2 is 1.70 bits per heavy atom. The van der Waals surface area contributed by atoms with Gasteiger partial charge in [-0.15, -0.1) is 0 Å². The van der Waals surface area contributed by atoms with Gasteiger partial charge >= 0.3 is 11.9 Å². The normalized spacial score (nSPS) is 9.70. The van der Waals surface area contributed by atoms with Gasteiger partial charge in [-0.25, -0.2) is 4.79 Å². The summed E-state index contributed by atoms with van der Waals surface area (Å²) in [4.78, 5) is 33.8. The standard InChI is InChI=1S/C14H16O6/c1-3-19-13(16)8-12(15)10-4-6-11(7-5-10)20-9-14(17)18-2/h4-7H,3,8-9H2,1-2H3. The Morgan fingerprint density at radius 3 is 2.25 bits per heavy atom. The predicted octanol–water partition coefficient (Wildman–Crippen LogP) is 1.37. The van der Waals surface area contributed by atoms with Crippen molar-refractivity contribution in [2.45, 2.75) is 13.3 Å². The molecule has 1 aromatic rings. The molecular weight excluding hydrogens is 264 g/mol. The van der Waals surface area contributed by atoms with Gasteiger partial charge in [-0.2, -0.15) is 0 Å². The van der Waals surface area contributed by atoms with Gasteiger partial charge in [0.15, 0.2) is 12.4 Å². The van der Waals surface area contributed by atoms with Crippen molar-refractivity contribution in [1.29, 1.82) is 0 Å². The van der Waals surface area contributed by atoms with Gasteiger partial charge in [0.1, 0.15) is 12.2 Å². The number of esters is 2. The smallest absolute Gasteiger partial charge is 0.343 e. The van der Waals surface area contributed by atoms with Crippen molar-refractivity contribution in [1.82, 2.24) is 0 Å². The number of hydrogen-bond acceptors (Lipinski definition) is 6. The number of methoxy groups -OCH3 is 1. The highest BCUT2D eigenvalue weighted by atomic mass is 16.6. The third-order valence-corrected chi connectivity index (χ3v) is 2.37. The number of ether oxygens (including phenoxy) is 3. The molecule has 6 heteroatoms. The first-order valence-electron chi connectivity index (χ1n) is 6.05. The van der Waals surface area contributed by atoms with E-state index < -0.39 is 11.9 Å². The zero-order chi connectivity index (χ0) is 15.0. The summed E-state index contributed by atoms with van der Waals surface area (Å²) >= 11 is 0. The highest BCUT2D eigenvalue weighted by molar-refractivity contribution is 6.05. The van der Waals surface area contributed by atoms with E-state index in [9.17, 15) is 14.4 Å². The Morgan fingerprint density at radius 1 is 1.05 bits per heavy atom. The first kappa shape index (κ1) is 15.7. The largest absolute Gasteiger partial charge is 0.482 e. The topological polar surface area (TPSA) is 78.9 Å². The lowest BCUT2D eigenvalue weighted by Gasteiger charge is -2.06. The van der Waals surface area contributed by atoms with Crippen LogP contribution < -0.4 is 4.74 Å². The van der Waals surface area contributed by atoms with Crippen LogP contribution in [0.3, 0.4) is 0 Å². The molecule has 108 valence electrons.